The van der Waals surface area contributed by atoms with Crippen LogP contribution in [0.4, 0.5) is 5.13 Å². The van der Waals surface area contributed by atoms with Gasteiger partial charge in [-0.3, -0.25) is 4.79 Å². The SMILES string of the molecule is COc1ccc2nc(SCC(=O)Nc3nc4ccc(C)cc4s3)c(C#N)cc2c1. The number of nitrogens with one attached hydrogen (secondary N) is 1. The first-order valence-electron chi connectivity index (χ1n) is 8.74. The normalized spacial score (nSPS) is 10.8. The Hall–Kier alpha value is -3.15. The van der Waals surface area contributed by atoms with Gasteiger partial charge in [0.15, 0.2) is 5.13 Å². The number of aromatic nitrogens is 2. The fourth-order valence-corrected chi connectivity index (χ4v) is 4.57. The van der Waals surface area contributed by atoms with E-state index in [4.69, 9.17) is 4.74 Å². The highest BCUT2D eigenvalue weighted by molar-refractivity contribution is 8.00. The van der Waals surface area contributed by atoms with Crippen molar-refractivity contribution in [3.05, 3.63) is 53.6 Å². The van der Waals surface area contributed by atoms with Crippen LogP contribution >= 0.6 is 23.1 Å². The highest BCUT2D eigenvalue weighted by Crippen LogP contribution is 2.29. The van der Waals surface area contributed by atoms with Crippen molar-refractivity contribution in [2.45, 2.75) is 11.9 Å². The van der Waals surface area contributed by atoms with E-state index in [2.05, 4.69) is 21.4 Å². The molecule has 0 aliphatic heterocycles. The summed E-state index contributed by atoms with van der Waals surface area (Å²) in [6, 6.07) is 15.4. The molecule has 2 heterocycles. The number of rotatable bonds is 5. The zero-order valence-corrected chi connectivity index (χ0v) is 17.4. The average molecular weight is 421 g/mol. The van der Waals surface area contributed by atoms with Gasteiger partial charge in [-0.1, -0.05) is 29.2 Å². The molecule has 1 amide bonds. The van der Waals surface area contributed by atoms with E-state index in [1.165, 1.54) is 23.1 Å². The number of carbonyl (C=O) groups excluding carboxylic acids is 1. The minimum absolute atomic E-state index is 0.137. The molecule has 0 bridgehead atoms. The molecule has 0 unspecified atom stereocenters. The summed E-state index contributed by atoms with van der Waals surface area (Å²) in [5.41, 5.74) is 3.19. The topological polar surface area (TPSA) is 87.9 Å². The second-order valence-corrected chi connectivity index (χ2v) is 8.33. The van der Waals surface area contributed by atoms with Gasteiger partial charge in [0.05, 0.1) is 34.2 Å². The molecule has 0 aliphatic carbocycles. The number of amides is 1. The molecule has 0 fully saturated rings. The van der Waals surface area contributed by atoms with Crippen LogP contribution < -0.4 is 10.1 Å². The van der Waals surface area contributed by atoms with Crippen molar-refractivity contribution in [2.75, 3.05) is 18.2 Å². The summed E-state index contributed by atoms with van der Waals surface area (Å²) in [5.74, 6) is 0.651. The fraction of sp³-hybridized carbons (Fsp3) is 0.143. The van der Waals surface area contributed by atoms with Crippen LogP contribution in [0.25, 0.3) is 21.1 Å². The number of hydrogen-bond acceptors (Lipinski definition) is 7. The number of hydrogen-bond donors (Lipinski definition) is 1. The van der Waals surface area contributed by atoms with E-state index in [-0.39, 0.29) is 11.7 Å². The molecule has 0 saturated carbocycles. The molecule has 4 aromatic rings. The Balaban J connectivity index is 1.49. The van der Waals surface area contributed by atoms with Crippen LogP contribution in [0.15, 0.2) is 47.5 Å². The van der Waals surface area contributed by atoms with Crippen LogP contribution in [-0.4, -0.2) is 28.7 Å². The van der Waals surface area contributed by atoms with Crippen molar-refractivity contribution in [3.8, 4) is 11.8 Å². The number of pyridine rings is 1. The molecule has 2 aromatic heterocycles. The van der Waals surface area contributed by atoms with Crippen LogP contribution in [0.5, 0.6) is 5.75 Å². The standard InChI is InChI=1S/C21H16N4O2S2/c1-12-3-5-17-18(7-12)29-21(24-17)25-19(26)11-28-20-14(10-22)8-13-9-15(27-2)4-6-16(13)23-20/h3-9H,11H2,1-2H3,(H,24,25,26). The Morgan fingerprint density at radius 2 is 2.03 bits per heavy atom. The Morgan fingerprint density at radius 3 is 2.83 bits per heavy atom. The number of benzene rings is 2. The molecular formula is C21H16N4O2S2. The summed E-state index contributed by atoms with van der Waals surface area (Å²) in [5, 5.41) is 14.2. The predicted molar refractivity (Wildman–Crippen MR) is 117 cm³/mol. The van der Waals surface area contributed by atoms with Gasteiger partial charge >= 0.3 is 0 Å². The minimum Gasteiger partial charge on any atom is -0.497 e. The Bertz CT molecular complexity index is 1280. The number of ether oxygens (including phenoxy) is 1. The molecule has 0 aliphatic rings. The molecule has 0 spiro atoms. The number of fused-ring (bicyclic) bond motifs is 2. The molecule has 1 N–H and O–H groups in total. The number of aryl methyl sites for hydroxylation is 1. The van der Waals surface area contributed by atoms with Gasteiger partial charge in [0.1, 0.15) is 16.8 Å². The smallest absolute Gasteiger partial charge is 0.236 e. The van der Waals surface area contributed by atoms with E-state index < -0.39 is 0 Å². The van der Waals surface area contributed by atoms with E-state index >= 15 is 0 Å². The predicted octanol–water partition coefficient (Wildman–Crippen LogP) is 4.76. The van der Waals surface area contributed by atoms with Gasteiger partial charge in [-0.2, -0.15) is 5.26 Å². The van der Waals surface area contributed by atoms with Crippen LogP contribution in [0.3, 0.4) is 0 Å². The molecule has 0 radical (unpaired) electrons. The fourth-order valence-electron chi connectivity index (χ4n) is 2.83. The third-order valence-electron chi connectivity index (χ3n) is 4.24. The highest BCUT2D eigenvalue weighted by Gasteiger charge is 2.13. The number of thioether (sulfide) groups is 1. The van der Waals surface area contributed by atoms with Crippen molar-refractivity contribution in [1.82, 2.24) is 9.97 Å². The van der Waals surface area contributed by atoms with Gasteiger partial charge < -0.3 is 10.1 Å². The summed E-state index contributed by atoms with van der Waals surface area (Å²) in [4.78, 5) is 21.4. The lowest BCUT2D eigenvalue weighted by Crippen LogP contribution is -2.14. The van der Waals surface area contributed by atoms with Gasteiger partial charge in [-0.15, -0.1) is 0 Å². The van der Waals surface area contributed by atoms with Crippen molar-refractivity contribution in [3.63, 3.8) is 0 Å². The zero-order chi connectivity index (χ0) is 20.4. The molecule has 0 saturated heterocycles. The van der Waals surface area contributed by atoms with Crippen molar-refractivity contribution in [2.24, 2.45) is 0 Å². The van der Waals surface area contributed by atoms with E-state index in [0.717, 1.165) is 26.7 Å². The first-order valence-corrected chi connectivity index (χ1v) is 10.5. The molecule has 4 rings (SSSR count). The van der Waals surface area contributed by atoms with Crippen molar-refractivity contribution in [1.29, 1.82) is 5.26 Å². The highest BCUT2D eigenvalue weighted by atomic mass is 32.2. The van der Waals surface area contributed by atoms with Gasteiger partial charge in [0.2, 0.25) is 5.91 Å². The van der Waals surface area contributed by atoms with E-state index in [1.54, 1.807) is 13.2 Å². The van der Waals surface area contributed by atoms with Gasteiger partial charge in [-0.05, 0) is 48.9 Å². The molecule has 29 heavy (non-hydrogen) atoms. The summed E-state index contributed by atoms with van der Waals surface area (Å²) < 4.78 is 6.25. The maximum absolute atomic E-state index is 12.4. The first kappa shape index (κ1) is 19.2. The number of nitriles is 1. The molecule has 6 nitrogen and oxygen atoms in total. The molecule has 8 heteroatoms. The van der Waals surface area contributed by atoms with Crippen LogP contribution in [0, 0.1) is 18.3 Å². The first-order chi connectivity index (χ1) is 14.1. The number of thiazole rings is 1. The summed E-state index contributed by atoms with van der Waals surface area (Å²) >= 11 is 2.68. The van der Waals surface area contributed by atoms with E-state index in [9.17, 15) is 10.1 Å². The Kier molecular flexibility index (Phi) is 5.34. The quantitative estimate of drug-likeness (QED) is 0.468. The summed E-state index contributed by atoms with van der Waals surface area (Å²) in [7, 11) is 1.59. The van der Waals surface area contributed by atoms with Gasteiger partial charge in [0.25, 0.3) is 0 Å². The Labute approximate surface area is 175 Å². The largest absolute Gasteiger partial charge is 0.497 e. The lowest BCUT2D eigenvalue weighted by molar-refractivity contribution is -0.113. The molecular weight excluding hydrogens is 404 g/mol. The second kappa shape index (κ2) is 8.07. The maximum atomic E-state index is 12.4. The second-order valence-electron chi connectivity index (χ2n) is 6.34. The van der Waals surface area contributed by atoms with E-state index in [0.29, 0.717) is 21.5 Å². The molecule has 144 valence electrons. The monoisotopic (exact) mass is 420 g/mol. The van der Waals surface area contributed by atoms with Crippen LogP contribution in [0.1, 0.15) is 11.1 Å². The number of anilines is 1. The Morgan fingerprint density at radius 1 is 1.21 bits per heavy atom. The number of nitrogens with zero attached hydrogens (tertiary/aromatic N) is 3. The summed E-state index contributed by atoms with van der Waals surface area (Å²) in [6.45, 7) is 2.02. The average Bonchev–Trinajstić information content (AvgIpc) is 3.12. The molecule has 0 atom stereocenters. The van der Waals surface area contributed by atoms with Crippen LogP contribution in [-0.2, 0) is 4.79 Å². The van der Waals surface area contributed by atoms with Gasteiger partial charge in [0, 0.05) is 5.39 Å². The lowest BCUT2D eigenvalue weighted by Gasteiger charge is -2.07. The van der Waals surface area contributed by atoms with Gasteiger partial charge in [-0.25, -0.2) is 9.97 Å². The number of methoxy groups -OCH3 is 1. The van der Waals surface area contributed by atoms with Crippen molar-refractivity contribution >= 4 is 55.3 Å². The minimum atomic E-state index is -0.189. The maximum Gasteiger partial charge on any atom is 0.236 e. The third-order valence-corrected chi connectivity index (χ3v) is 6.16. The van der Waals surface area contributed by atoms with E-state index in [1.807, 2.05) is 43.3 Å². The third kappa shape index (κ3) is 4.16. The summed E-state index contributed by atoms with van der Waals surface area (Å²) in [6.07, 6.45) is 0. The molecule has 2 aromatic carbocycles. The lowest BCUT2D eigenvalue weighted by atomic mass is 10.1. The van der Waals surface area contributed by atoms with Crippen LogP contribution in [0.2, 0.25) is 0 Å². The number of carbonyl (C=O) groups is 1. The zero-order valence-electron chi connectivity index (χ0n) is 15.7. The van der Waals surface area contributed by atoms with Crippen molar-refractivity contribution < 1.29 is 9.53 Å².